The van der Waals surface area contributed by atoms with Gasteiger partial charge in [0, 0.05) is 17.7 Å². The van der Waals surface area contributed by atoms with Gasteiger partial charge in [0.1, 0.15) is 11.6 Å². The molecule has 0 saturated heterocycles. The first-order valence-electron chi connectivity index (χ1n) is 7.20. The van der Waals surface area contributed by atoms with Crippen LogP contribution in [0.5, 0.6) is 5.75 Å². The highest BCUT2D eigenvalue weighted by molar-refractivity contribution is 6.31. The van der Waals surface area contributed by atoms with E-state index in [0.717, 1.165) is 5.56 Å². The molecule has 3 rings (SSSR count). The summed E-state index contributed by atoms with van der Waals surface area (Å²) in [5.74, 6) is -0.272. The second-order valence-electron chi connectivity index (χ2n) is 5.15. The molecule has 0 fully saturated rings. The van der Waals surface area contributed by atoms with Crippen LogP contribution in [0.3, 0.4) is 0 Å². The second-order valence-corrected chi connectivity index (χ2v) is 5.56. The fourth-order valence-electron chi connectivity index (χ4n) is 2.36. The molecule has 2 aromatic rings. The lowest BCUT2D eigenvalue weighted by atomic mass is 10.0. The Bertz CT molecular complexity index is 810. The predicted molar refractivity (Wildman–Crippen MR) is 89.1 cm³/mol. The number of halogens is 2. The summed E-state index contributed by atoms with van der Waals surface area (Å²) in [5.41, 5.74) is 1.80. The molecular weight excluding hydrogens is 335 g/mol. The summed E-state index contributed by atoms with van der Waals surface area (Å²) in [4.78, 5) is 17.5. The Labute approximate surface area is 143 Å². The molecular formula is C17H14ClFN2O3. The van der Waals surface area contributed by atoms with Crippen molar-refractivity contribution in [1.29, 1.82) is 0 Å². The van der Waals surface area contributed by atoms with Crippen LogP contribution in [0.4, 0.5) is 10.1 Å². The van der Waals surface area contributed by atoms with Crippen molar-refractivity contribution in [2.24, 2.45) is 5.16 Å². The first-order chi connectivity index (χ1) is 11.6. The van der Waals surface area contributed by atoms with Crippen molar-refractivity contribution >= 4 is 28.9 Å². The molecule has 0 aliphatic carbocycles. The van der Waals surface area contributed by atoms with E-state index < -0.39 is 11.9 Å². The van der Waals surface area contributed by atoms with Crippen LogP contribution in [0, 0.1) is 5.82 Å². The molecule has 1 unspecified atom stereocenters. The monoisotopic (exact) mass is 348 g/mol. The molecule has 1 N–H and O–H groups in total. The van der Waals surface area contributed by atoms with Gasteiger partial charge in [-0.25, -0.2) is 4.39 Å². The molecule has 124 valence electrons. The summed E-state index contributed by atoms with van der Waals surface area (Å²) in [7, 11) is 1.57. The number of anilines is 1. The van der Waals surface area contributed by atoms with Gasteiger partial charge in [0.2, 0.25) is 6.10 Å². The van der Waals surface area contributed by atoms with E-state index in [4.69, 9.17) is 21.2 Å². The third-order valence-electron chi connectivity index (χ3n) is 3.57. The molecule has 7 heteroatoms. The first kappa shape index (κ1) is 16.3. The van der Waals surface area contributed by atoms with Crippen molar-refractivity contribution in [1.82, 2.24) is 0 Å². The number of amides is 1. The third-order valence-corrected chi connectivity index (χ3v) is 3.86. The van der Waals surface area contributed by atoms with Gasteiger partial charge in [-0.2, -0.15) is 0 Å². The van der Waals surface area contributed by atoms with E-state index in [2.05, 4.69) is 10.5 Å². The molecule has 0 aromatic heterocycles. The minimum atomic E-state index is -0.770. The van der Waals surface area contributed by atoms with Crippen molar-refractivity contribution in [3.05, 3.63) is 58.9 Å². The maximum atomic E-state index is 13.1. The average molecular weight is 349 g/mol. The molecule has 1 heterocycles. The zero-order valence-corrected chi connectivity index (χ0v) is 13.5. The van der Waals surface area contributed by atoms with E-state index >= 15 is 0 Å². The van der Waals surface area contributed by atoms with Crippen LogP contribution >= 0.6 is 11.6 Å². The normalized spacial score (nSPS) is 16.3. The molecule has 0 radical (unpaired) electrons. The van der Waals surface area contributed by atoms with Crippen LogP contribution < -0.4 is 10.1 Å². The lowest BCUT2D eigenvalue weighted by molar-refractivity contribution is -0.125. The topological polar surface area (TPSA) is 59.9 Å². The Balaban J connectivity index is 1.68. The van der Waals surface area contributed by atoms with Gasteiger partial charge in [0.05, 0.1) is 17.8 Å². The number of carbonyl (C=O) groups is 1. The summed E-state index contributed by atoms with van der Waals surface area (Å²) >= 11 is 5.70. The van der Waals surface area contributed by atoms with Gasteiger partial charge in [0.25, 0.3) is 5.91 Å². The van der Waals surface area contributed by atoms with Crippen LogP contribution in [-0.2, 0) is 9.63 Å². The summed E-state index contributed by atoms with van der Waals surface area (Å²) < 4.78 is 18.4. The number of methoxy groups -OCH3 is 1. The van der Waals surface area contributed by atoms with Crippen LogP contribution in [0.1, 0.15) is 12.0 Å². The van der Waals surface area contributed by atoms with E-state index in [-0.39, 0.29) is 10.9 Å². The predicted octanol–water partition coefficient (Wildman–Crippen LogP) is 3.62. The molecule has 1 aliphatic rings. The van der Waals surface area contributed by atoms with Gasteiger partial charge >= 0.3 is 0 Å². The Morgan fingerprint density at radius 1 is 1.38 bits per heavy atom. The summed E-state index contributed by atoms with van der Waals surface area (Å²) in [6.45, 7) is 0. The van der Waals surface area contributed by atoms with Crippen LogP contribution in [0.2, 0.25) is 5.02 Å². The van der Waals surface area contributed by atoms with Gasteiger partial charge in [-0.1, -0.05) is 28.9 Å². The Morgan fingerprint density at radius 2 is 2.17 bits per heavy atom. The van der Waals surface area contributed by atoms with Crippen LogP contribution in [0.15, 0.2) is 47.6 Å². The largest absolute Gasteiger partial charge is 0.496 e. The highest BCUT2D eigenvalue weighted by Gasteiger charge is 2.30. The number of hydrogen-bond acceptors (Lipinski definition) is 4. The van der Waals surface area contributed by atoms with Gasteiger partial charge in [-0.15, -0.1) is 0 Å². The number of para-hydroxylation sites is 1. The van der Waals surface area contributed by atoms with Crippen molar-refractivity contribution < 1.29 is 18.8 Å². The zero-order chi connectivity index (χ0) is 17.1. The molecule has 1 atom stereocenters. The standard InChI is InChI=1S/C17H14ClFN2O3/c1-23-15-5-3-2-4-11(15)14-9-16(24-21-14)17(22)20-10-6-7-13(19)12(18)8-10/h2-8,16H,9H2,1H3,(H,20,22). The number of ether oxygens (including phenoxy) is 1. The average Bonchev–Trinajstić information content (AvgIpc) is 3.08. The van der Waals surface area contributed by atoms with Gasteiger partial charge in [-0.05, 0) is 30.3 Å². The SMILES string of the molecule is COc1ccccc1C1=NOC(C(=O)Nc2ccc(F)c(Cl)c2)C1. The Hall–Kier alpha value is -2.60. The van der Waals surface area contributed by atoms with Crippen LogP contribution in [-0.4, -0.2) is 24.8 Å². The van der Waals surface area contributed by atoms with Gasteiger partial charge in [0.15, 0.2) is 0 Å². The minimum Gasteiger partial charge on any atom is -0.496 e. The van der Waals surface area contributed by atoms with E-state index in [1.807, 2.05) is 24.3 Å². The molecule has 5 nitrogen and oxygen atoms in total. The fraction of sp³-hybridized carbons (Fsp3) is 0.176. The Morgan fingerprint density at radius 3 is 2.92 bits per heavy atom. The van der Waals surface area contributed by atoms with Crippen molar-refractivity contribution in [2.45, 2.75) is 12.5 Å². The van der Waals surface area contributed by atoms with E-state index in [1.54, 1.807) is 7.11 Å². The fourth-order valence-corrected chi connectivity index (χ4v) is 2.54. The molecule has 1 amide bonds. The number of nitrogens with zero attached hydrogens (tertiary/aromatic N) is 1. The number of carbonyl (C=O) groups excluding carboxylic acids is 1. The number of benzene rings is 2. The highest BCUT2D eigenvalue weighted by Crippen LogP contribution is 2.25. The van der Waals surface area contributed by atoms with Crippen molar-refractivity contribution in [3.63, 3.8) is 0 Å². The first-order valence-corrected chi connectivity index (χ1v) is 7.58. The third kappa shape index (κ3) is 3.33. The highest BCUT2D eigenvalue weighted by atomic mass is 35.5. The zero-order valence-electron chi connectivity index (χ0n) is 12.8. The quantitative estimate of drug-likeness (QED) is 0.918. The summed E-state index contributed by atoms with van der Waals surface area (Å²) in [6.07, 6.45) is -0.463. The van der Waals surface area contributed by atoms with Gasteiger partial charge in [-0.3, -0.25) is 4.79 Å². The number of nitrogens with one attached hydrogen (secondary N) is 1. The van der Waals surface area contributed by atoms with E-state index in [1.165, 1.54) is 18.2 Å². The number of hydrogen-bond donors (Lipinski definition) is 1. The maximum absolute atomic E-state index is 13.1. The second kappa shape index (κ2) is 6.88. The number of oxime groups is 1. The summed E-state index contributed by atoms with van der Waals surface area (Å²) in [6, 6.07) is 11.3. The van der Waals surface area contributed by atoms with Crippen molar-refractivity contribution in [2.75, 3.05) is 12.4 Å². The molecule has 0 bridgehead atoms. The molecule has 2 aromatic carbocycles. The van der Waals surface area contributed by atoms with Gasteiger partial charge < -0.3 is 14.9 Å². The smallest absolute Gasteiger partial charge is 0.268 e. The lowest BCUT2D eigenvalue weighted by Crippen LogP contribution is -2.28. The molecule has 24 heavy (non-hydrogen) atoms. The maximum Gasteiger partial charge on any atom is 0.268 e. The summed E-state index contributed by atoms with van der Waals surface area (Å²) in [5, 5.41) is 6.55. The molecule has 0 spiro atoms. The Kier molecular flexibility index (Phi) is 4.66. The molecule has 0 saturated carbocycles. The van der Waals surface area contributed by atoms with Crippen molar-refractivity contribution in [3.8, 4) is 5.75 Å². The van der Waals surface area contributed by atoms with Crippen LogP contribution in [0.25, 0.3) is 0 Å². The minimum absolute atomic E-state index is 0.0638. The lowest BCUT2D eigenvalue weighted by Gasteiger charge is -2.10. The number of rotatable bonds is 4. The molecule has 1 aliphatic heterocycles. The van der Waals surface area contributed by atoms with E-state index in [9.17, 15) is 9.18 Å². The van der Waals surface area contributed by atoms with E-state index in [0.29, 0.717) is 23.6 Å².